The maximum atomic E-state index is 14.7. The molecule has 166 valence electrons. The van der Waals surface area contributed by atoms with Crippen LogP contribution in [0.5, 0.6) is 0 Å². The molecule has 4 nitrogen and oxygen atoms in total. The van der Waals surface area contributed by atoms with Crippen molar-refractivity contribution in [3.8, 4) is 11.3 Å². The third kappa shape index (κ3) is 4.77. The molecular formula is C28H21FN4S. The Morgan fingerprint density at radius 2 is 1.50 bits per heavy atom. The van der Waals surface area contributed by atoms with Gasteiger partial charge < -0.3 is 0 Å². The predicted molar refractivity (Wildman–Crippen MR) is 136 cm³/mol. The number of hydrogen-bond donors (Lipinski definition) is 0. The molecule has 34 heavy (non-hydrogen) atoms. The van der Waals surface area contributed by atoms with Crippen molar-refractivity contribution in [1.82, 2.24) is 9.66 Å². The van der Waals surface area contributed by atoms with Gasteiger partial charge in [-0.05, 0) is 35.4 Å². The molecule has 2 heterocycles. The van der Waals surface area contributed by atoms with Crippen LogP contribution in [0.4, 0.5) is 10.1 Å². The van der Waals surface area contributed by atoms with Crippen LogP contribution in [0.15, 0.2) is 125 Å². The smallest absolute Gasteiger partial charge is 0.211 e. The number of halogens is 1. The molecule has 2 aromatic heterocycles. The van der Waals surface area contributed by atoms with Gasteiger partial charge in [0, 0.05) is 29.3 Å². The molecule has 0 aliphatic rings. The van der Waals surface area contributed by atoms with E-state index in [1.165, 1.54) is 17.4 Å². The van der Waals surface area contributed by atoms with Crippen molar-refractivity contribution in [2.24, 2.45) is 10.1 Å². The molecule has 5 aromatic rings. The normalized spacial score (nSPS) is 12.0. The number of nitrogens with zero attached hydrogens (tertiary/aromatic N) is 4. The second-order valence-corrected chi connectivity index (χ2v) is 8.42. The summed E-state index contributed by atoms with van der Waals surface area (Å²) in [5.41, 5.74) is 4.05. The SMILES string of the molecule is Fc1ccccc1-c1csc(=Nc2cccnc2)n1N=CC(c1ccccc1)c1ccccc1. The Bertz CT molecular complexity index is 1420. The van der Waals surface area contributed by atoms with Gasteiger partial charge in [0.2, 0.25) is 4.80 Å². The van der Waals surface area contributed by atoms with Gasteiger partial charge in [0.25, 0.3) is 0 Å². The number of aromatic nitrogens is 2. The summed E-state index contributed by atoms with van der Waals surface area (Å²) >= 11 is 1.41. The molecule has 0 bridgehead atoms. The molecule has 0 radical (unpaired) electrons. The quantitative estimate of drug-likeness (QED) is 0.260. The molecule has 0 amide bonds. The zero-order valence-corrected chi connectivity index (χ0v) is 19.0. The molecule has 0 unspecified atom stereocenters. The maximum absolute atomic E-state index is 14.7. The van der Waals surface area contributed by atoms with Gasteiger partial charge in [-0.1, -0.05) is 72.8 Å². The summed E-state index contributed by atoms with van der Waals surface area (Å²) in [7, 11) is 0. The number of hydrogen-bond acceptors (Lipinski definition) is 4. The van der Waals surface area contributed by atoms with Gasteiger partial charge in [-0.2, -0.15) is 5.10 Å². The minimum absolute atomic E-state index is 0.0745. The van der Waals surface area contributed by atoms with Gasteiger partial charge in [-0.3, -0.25) is 4.98 Å². The van der Waals surface area contributed by atoms with Crippen LogP contribution < -0.4 is 4.80 Å². The average Bonchev–Trinajstić information content (AvgIpc) is 3.28. The Kier molecular flexibility index (Phi) is 6.49. The van der Waals surface area contributed by atoms with E-state index in [0.29, 0.717) is 21.7 Å². The summed E-state index contributed by atoms with van der Waals surface area (Å²) in [6.45, 7) is 0. The second kappa shape index (κ2) is 10.2. The number of rotatable bonds is 6. The molecule has 0 saturated carbocycles. The Balaban J connectivity index is 1.66. The molecule has 0 saturated heterocycles. The van der Waals surface area contributed by atoms with Gasteiger partial charge in [0.1, 0.15) is 5.82 Å². The fourth-order valence-corrected chi connectivity index (χ4v) is 4.54. The molecular weight excluding hydrogens is 443 g/mol. The van der Waals surface area contributed by atoms with Crippen LogP contribution in [0.2, 0.25) is 0 Å². The zero-order chi connectivity index (χ0) is 23.2. The lowest BCUT2D eigenvalue weighted by Crippen LogP contribution is -2.13. The van der Waals surface area contributed by atoms with Crippen molar-refractivity contribution >= 4 is 23.2 Å². The zero-order valence-electron chi connectivity index (χ0n) is 18.2. The molecule has 0 aliphatic carbocycles. The third-order valence-electron chi connectivity index (χ3n) is 5.35. The maximum Gasteiger partial charge on any atom is 0.211 e. The van der Waals surface area contributed by atoms with Gasteiger partial charge in [-0.25, -0.2) is 14.1 Å². The van der Waals surface area contributed by atoms with Crippen molar-refractivity contribution < 1.29 is 4.39 Å². The highest BCUT2D eigenvalue weighted by Crippen LogP contribution is 2.26. The van der Waals surface area contributed by atoms with Crippen LogP contribution in [0.25, 0.3) is 11.3 Å². The van der Waals surface area contributed by atoms with Crippen LogP contribution in [0.1, 0.15) is 17.0 Å². The first kappa shape index (κ1) is 21.7. The number of thiazole rings is 1. The standard InChI is InChI=1S/C28H21FN4S/c29-26-16-8-7-15-24(26)27-20-34-28(32-23-14-9-17-30-18-23)33(27)31-19-25(21-10-3-1-4-11-21)22-12-5-2-6-13-22/h1-20,25H. The van der Waals surface area contributed by atoms with E-state index in [9.17, 15) is 4.39 Å². The van der Waals surface area contributed by atoms with Gasteiger partial charge >= 0.3 is 0 Å². The average molecular weight is 465 g/mol. The van der Waals surface area contributed by atoms with Crippen LogP contribution in [0, 0.1) is 5.82 Å². The molecule has 0 aliphatic heterocycles. The van der Waals surface area contributed by atoms with E-state index in [2.05, 4.69) is 29.2 Å². The monoisotopic (exact) mass is 464 g/mol. The molecule has 0 N–H and O–H groups in total. The van der Waals surface area contributed by atoms with Crippen molar-refractivity contribution in [3.63, 3.8) is 0 Å². The molecule has 3 aromatic carbocycles. The highest BCUT2D eigenvalue weighted by atomic mass is 32.1. The number of benzene rings is 3. The Morgan fingerprint density at radius 3 is 2.15 bits per heavy atom. The Hall–Kier alpha value is -4.16. The van der Waals surface area contributed by atoms with Crippen LogP contribution in [0.3, 0.4) is 0 Å². The number of pyridine rings is 1. The summed E-state index contributed by atoms with van der Waals surface area (Å²) < 4.78 is 16.4. The fraction of sp³-hybridized carbons (Fsp3) is 0.0357. The highest BCUT2D eigenvalue weighted by Gasteiger charge is 2.14. The summed E-state index contributed by atoms with van der Waals surface area (Å²) in [4.78, 5) is 9.50. The van der Waals surface area contributed by atoms with Gasteiger partial charge in [0.15, 0.2) is 0 Å². The second-order valence-electron chi connectivity index (χ2n) is 7.58. The molecule has 6 heteroatoms. The fourth-order valence-electron chi connectivity index (χ4n) is 3.69. The lowest BCUT2D eigenvalue weighted by Gasteiger charge is -2.13. The lowest BCUT2D eigenvalue weighted by atomic mass is 9.92. The van der Waals surface area contributed by atoms with E-state index in [-0.39, 0.29) is 11.7 Å². The molecule has 5 rings (SSSR count). The Morgan fingerprint density at radius 1 is 0.824 bits per heavy atom. The van der Waals surface area contributed by atoms with E-state index in [1.807, 2.05) is 66.2 Å². The van der Waals surface area contributed by atoms with Crippen molar-refractivity contribution in [3.05, 3.63) is 137 Å². The minimum atomic E-state index is -0.306. The van der Waals surface area contributed by atoms with E-state index < -0.39 is 0 Å². The lowest BCUT2D eigenvalue weighted by molar-refractivity contribution is 0.629. The summed E-state index contributed by atoms with van der Waals surface area (Å²) in [5.74, 6) is -0.380. The first-order valence-corrected chi connectivity index (χ1v) is 11.7. The van der Waals surface area contributed by atoms with Crippen molar-refractivity contribution in [1.29, 1.82) is 0 Å². The van der Waals surface area contributed by atoms with E-state index in [1.54, 1.807) is 29.2 Å². The predicted octanol–water partition coefficient (Wildman–Crippen LogP) is 6.65. The summed E-state index contributed by atoms with van der Waals surface area (Å²) in [5, 5.41) is 6.73. The molecule has 0 atom stereocenters. The molecule has 0 spiro atoms. The van der Waals surface area contributed by atoms with Crippen molar-refractivity contribution in [2.75, 3.05) is 0 Å². The van der Waals surface area contributed by atoms with Gasteiger partial charge in [0.05, 0.1) is 17.6 Å². The highest BCUT2D eigenvalue weighted by molar-refractivity contribution is 7.07. The van der Waals surface area contributed by atoms with E-state index in [0.717, 1.165) is 11.1 Å². The van der Waals surface area contributed by atoms with Crippen LogP contribution in [-0.2, 0) is 0 Å². The molecule has 0 fully saturated rings. The van der Waals surface area contributed by atoms with Crippen LogP contribution in [-0.4, -0.2) is 15.9 Å². The first-order valence-electron chi connectivity index (χ1n) is 10.8. The summed E-state index contributed by atoms with van der Waals surface area (Å²) in [6, 6.07) is 30.8. The largest absolute Gasteiger partial charge is 0.262 e. The van der Waals surface area contributed by atoms with Crippen LogP contribution >= 0.6 is 11.3 Å². The van der Waals surface area contributed by atoms with Crippen molar-refractivity contribution in [2.45, 2.75) is 5.92 Å². The Labute approximate surface area is 201 Å². The van der Waals surface area contributed by atoms with Gasteiger partial charge in [-0.15, -0.1) is 11.3 Å². The summed E-state index contributed by atoms with van der Waals surface area (Å²) in [6.07, 6.45) is 5.28. The van der Waals surface area contributed by atoms with E-state index in [4.69, 9.17) is 10.1 Å². The third-order valence-corrected chi connectivity index (χ3v) is 6.17. The van der Waals surface area contributed by atoms with E-state index >= 15 is 0 Å². The first-order chi connectivity index (χ1) is 16.8. The topological polar surface area (TPSA) is 42.5 Å². The minimum Gasteiger partial charge on any atom is -0.262 e.